The van der Waals surface area contributed by atoms with Crippen LogP contribution in [0.25, 0.3) is 6.08 Å². The second-order valence-corrected chi connectivity index (χ2v) is 4.63. The highest BCUT2D eigenvalue weighted by molar-refractivity contribution is 7.09. The number of nitrogens with zero attached hydrogens (tertiary/aromatic N) is 1. The summed E-state index contributed by atoms with van der Waals surface area (Å²) in [6.07, 6.45) is 3.84. The quantitative estimate of drug-likeness (QED) is 0.667. The molecule has 0 fully saturated rings. The molecule has 0 aliphatic carbocycles. The van der Waals surface area contributed by atoms with Crippen molar-refractivity contribution < 1.29 is 0 Å². The van der Waals surface area contributed by atoms with Crippen LogP contribution in [0.4, 0.5) is 0 Å². The fourth-order valence-corrected chi connectivity index (χ4v) is 1.87. The number of hydrogen-bond acceptors (Lipinski definition) is 2. The van der Waals surface area contributed by atoms with Crippen LogP contribution in [0, 0.1) is 5.92 Å². The lowest BCUT2D eigenvalue weighted by atomic mass is 10.0. The van der Waals surface area contributed by atoms with E-state index in [1.807, 2.05) is 5.38 Å². The molecular weight excluding hydrogens is 190 g/mol. The number of aryl methyl sites for hydroxylation is 1. The molecular formula is C12H17NS. The molecule has 0 atom stereocenters. The van der Waals surface area contributed by atoms with Crippen molar-refractivity contribution in [2.24, 2.45) is 5.92 Å². The summed E-state index contributed by atoms with van der Waals surface area (Å²) < 4.78 is 0. The van der Waals surface area contributed by atoms with E-state index < -0.39 is 0 Å². The SMILES string of the molecule is C=Cc1csc(CCC(=C)C(C)C)n1. The van der Waals surface area contributed by atoms with E-state index >= 15 is 0 Å². The number of aromatic nitrogens is 1. The third kappa shape index (κ3) is 3.11. The Morgan fingerprint density at radius 3 is 2.86 bits per heavy atom. The average Bonchev–Trinajstić information content (AvgIpc) is 2.61. The van der Waals surface area contributed by atoms with Crippen LogP contribution >= 0.6 is 11.3 Å². The highest BCUT2D eigenvalue weighted by atomic mass is 32.1. The summed E-state index contributed by atoms with van der Waals surface area (Å²) in [5.74, 6) is 0.578. The molecule has 76 valence electrons. The molecule has 1 nitrogen and oxygen atoms in total. The standard InChI is InChI=1S/C12H17NS/c1-5-11-8-14-12(13-11)7-6-10(4)9(2)3/h5,8-9H,1,4,6-7H2,2-3H3. The molecule has 0 saturated heterocycles. The number of thiazole rings is 1. The van der Waals surface area contributed by atoms with Gasteiger partial charge >= 0.3 is 0 Å². The zero-order chi connectivity index (χ0) is 10.6. The molecule has 0 radical (unpaired) electrons. The van der Waals surface area contributed by atoms with Gasteiger partial charge in [-0.25, -0.2) is 4.98 Å². The normalized spacial score (nSPS) is 10.5. The molecule has 0 saturated carbocycles. The third-order valence-corrected chi connectivity index (χ3v) is 3.18. The minimum absolute atomic E-state index is 0.578. The minimum Gasteiger partial charge on any atom is -0.242 e. The van der Waals surface area contributed by atoms with Crippen LogP contribution in [-0.2, 0) is 6.42 Å². The van der Waals surface area contributed by atoms with Crippen molar-refractivity contribution in [2.45, 2.75) is 26.7 Å². The molecule has 0 unspecified atom stereocenters. The van der Waals surface area contributed by atoms with Gasteiger partial charge < -0.3 is 0 Å². The minimum atomic E-state index is 0.578. The van der Waals surface area contributed by atoms with Gasteiger partial charge in [0.05, 0.1) is 10.7 Å². The van der Waals surface area contributed by atoms with E-state index in [1.54, 1.807) is 17.4 Å². The van der Waals surface area contributed by atoms with E-state index in [0.717, 1.165) is 18.5 Å². The van der Waals surface area contributed by atoms with Gasteiger partial charge in [-0.3, -0.25) is 0 Å². The Hall–Kier alpha value is -0.890. The van der Waals surface area contributed by atoms with Crippen molar-refractivity contribution in [1.29, 1.82) is 0 Å². The van der Waals surface area contributed by atoms with Crippen molar-refractivity contribution >= 4 is 17.4 Å². The maximum absolute atomic E-state index is 4.42. The summed E-state index contributed by atoms with van der Waals surface area (Å²) in [7, 11) is 0. The lowest BCUT2D eigenvalue weighted by Gasteiger charge is -2.07. The lowest BCUT2D eigenvalue weighted by molar-refractivity contribution is 0.712. The fraction of sp³-hybridized carbons (Fsp3) is 0.417. The second kappa shape index (κ2) is 5.11. The smallest absolute Gasteiger partial charge is 0.0935 e. The number of rotatable bonds is 5. The molecule has 0 aromatic carbocycles. The number of hydrogen-bond donors (Lipinski definition) is 0. The zero-order valence-corrected chi connectivity index (χ0v) is 9.73. The topological polar surface area (TPSA) is 12.9 Å². The molecule has 2 heteroatoms. The van der Waals surface area contributed by atoms with Crippen LogP contribution in [-0.4, -0.2) is 4.98 Å². The van der Waals surface area contributed by atoms with Crippen molar-refractivity contribution in [2.75, 3.05) is 0 Å². The van der Waals surface area contributed by atoms with Crippen molar-refractivity contribution in [3.63, 3.8) is 0 Å². The molecule has 0 aliphatic rings. The predicted molar refractivity (Wildman–Crippen MR) is 64.5 cm³/mol. The van der Waals surface area contributed by atoms with Crippen LogP contribution in [0.2, 0.25) is 0 Å². The van der Waals surface area contributed by atoms with Gasteiger partial charge in [-0.05, 0) is 18.4 Å². The molecule has 0 spiro atoms. The summed E-state index contributed by atoms with van der Waals surface area (Å²) in [5.41, 5.74) is 2.29. The van der Waals surface area contributed by atoms with Gasteiger partial charge in [-0.15, -0.1) is 11.3 Å². The average molecular weight is 207 g/mol. The first kappa shape index (κ1) is 11.2. The lowest BCUT2D eigenvalue weighted by Crippen LogP contribution is -1.94. The van der Waals surface area contributed by atoms with Crippen molar-refractivity contribution in [3.8, 4) is 0 Å². The third-order valence-electron chi connectivity index (χ3n) is 2.26. The van der Waals surface area contributed by atoms with Gasteiger partial charge in [0.15, 0.2) is 0 Å². The van der Waals surface area contributed by atoms with E-state index in [0.29, 0.717) is 5.92 Å². The zero-order valence-electron chi connectivity index (χ0n) is 8.92. The molecule has 14 heavy (non-hydrogen) atoms. The summed E-state index contributed by atoms with van der Waals surface area (Å²) in [4.78, 5) is 4.42. The first-order valence-electron chi connectivity index (χ1n) is 4.88. The molecule has 1 rings (SSSR count). The van der Waals surface area contributed by atoms with E-state index in [9.17, 15) is 0 Å². The van der Waals surface area contributed by atoms with Crippen LogP contribution in [0.1, 0.15) is 31.0 Å². The highest BCUT2D eigenvalue weighted by Crippen LogP contribution is 2.17. The molecule has 0 bridgehead atoms. The Kier molecular flexibility index (Phi) is 4.08. The molecule has 1 aromatic rings. The first-order chi connectivity index (χ1) is 6.63. The van der Waals surface area contributed by atoms with Gasteiger partial charge in [0.1, 0.15) is 0 Å². The maximum atomic E-state index is 4.42. The Labute approximate surface area is 90.2 Å². The van der Waals surface area contributed by atoms with E-state index in [2.05, 4.69) is 32.0 Å². The van der Waals surface area contributed by atoms with Gasteiger partial charge in [0.25, 0.3) is 0 Å². The Morgan fingerprint density at radius 2 is 2.36 bits per heavy atom. The first-order valence-corrected chi connectivity index (χ1v) is 5.76. The molecule has 1 aromatic heterocycles. The Bertz CT molecular complexity index is 323. The molecule has 1 heterocycles. The van der Waals surface area contributed by atoms with E-state index in [-0.39, 0.29) is 0 Å². The van der Waals surface area contributed by atoms with Gasteiger partial charge in [0.2, 0.25) is 0 Å². The van der Waals surface area contributed by atoms with Crippen LogP contribution < -0.4 is 0 Å². The number of allylic oxidation sites excluding steroid dienone is 1. The fourth-order valence-electron chi connectivity index (χ4n) is 1.09. The molecule has 0 N–H and O–H groups in total. The van der Waals surface area contributed by atoms with E-state index in [1.165, 1.54) is 10.6 Å². The highest BCUT2D eigenvalue weighted by Gasteiger charge is 2.03. The molecule has 0 aliphatic heterocycles. The predicted octanol–water partition coefficient (Wildman–Crippen LogP) is 3.93. The summed E-state index contributed by atoms with van der Waals surface area (Å²) in [6.45, 7) is 12.1. The van der Waals surface area contributed by atoms with Crippen molar-refractivity contribution in [1.82, 2.24) is 4.98 Å². The molecule has 0 amide bonds. The summed E-state index contributed by atoms with van der Waals surface area (Å²) >= 11 is 1.70. The van der Waals surface area contributed by atoms with Crippen LogP contribution in [0.3, 0.4) is 0 Å². The largest absolute Gasteiger partial charge is 0.242 e. The van der Waals surface area contributed by atoms with Crippen LogP contribution in [0.15, 0.2) is 24.1 Å². The van der Waals surface area contributed by atoms with Crippen LogP contribution in [0.5, 0.6) is 0 Å². The van der Waals surface area contributed by atoms with E-state index in [4.69, 9.17) is 0 Å². The summed E-state index contributed by atoms with van der Waals surface area (Å²) in [6, 6.07) is 0. The summed E-state index contributed by atoms with van der Waals surface area (Å²) in [5, 5.41) is 3.22. The maximum Gasteiger partial charge on any atom is 0.0935 e. The Balaban J connectivity index is 2.45. The van der Waals surface area contributed by atoms with Gasteiger partial charge in [0, 0.05) is 11.8 Å². The van der Waals surface area contributed by atoms with Crippen molar-refractivity contribution in [3.05, 3.63) is 34.8 Å². The van der Waals surface area contributed by atoms with Gasteiger partial charge in [-0.2, -0.15) is 0 Å². The second-order valence-electron chi connectivity index (χ2n) is 3.68. The Morgan fingerprint density at radius 1 is 1.64 bits per heavy atom. The van der Waals surface area contributed by atoms with Gasteiger partial charge in [-0.1, -0.05) is 32.6 Å². The monoisotopic (exact) mass is 207 g/mol.